The maximum absolute atomic E-state index is 3.74. The van der Waals surface area contributed by atoms with Crippen LogP contribution in [0.2, 0.25) is 0 Å². The standard InChI is InChI=1S/C21H39NP2/c1-16(2)23(17(3)4)14-13-22-15-20-11-9-10-12-21(20)24(18(5)6)19(7)8/h9-12,16-19,22H,13-15H2,1-8H3. The molecule has 0 amide bonds. The van der Waals surface area contributed by atoms with E-state index in [0.29, 0.717) is 0 Å². The van der Waals surface area contributed by atoms with Crippen LogP contribution in [0.25, 0.3) is 0 Å². The van der Waals surface area contributed by atoms with Crippen LogP contribution in [0.15, 0.2) is 24.3 Å². The predicted molar refractivity (Wildman–Crippen MR) is 117 cm³/mol. The molecule has 138 valence electrons. The van der Waals surface area contributed by atoms with Crippen molar-refractivity contribution >= 4 is 21.1 Å². The summed E-state index contributed by atoms with van der Waals surface area (Å²) in [5, 5.41) is 5.35. The maximum Gasteiger partial charge on any atom is 0.0211 e. The van der Waals surface area contributed by atoms with Crippen molar-refractivity contribution in [1.82, 2.24) is 5.32 Å². The van der Waals surface area contributed by atoms with Crippen molar-refractivity contribution in [2.75, 3.05) is 12.7 Å². The van der Waals surface area contributed by atoms with Crippen molar-refractivity contribution in [3.63, 3.8) is 0 Å². The zero-order valence-corrected chi connectivity index (χ0v) is 18.9. The van der Waals surface area contributed by atoms with Crippen molar-refractivity contribution in [2.45, 2.75) is 84.6 Å². The Balaban J connectivity index is 2.69. The van der Waals surface area contributed by atoms with Crippen LogP contribution in [0.5, 0.6) is 0 Å². The SMILES string of the molecule is CC(C)P(CCNCc1ccccc1P(C(C)C)C(C)C)C(C)C. The zero-order valence-electron chi connectivity index (χ0n) is 17.1. The van der Waals surface area contributed by atoms with Gasteiger partial charge in [0.2, 0.25) is 0 Å². The Kier molecular flexibility index (Phi) is 10.0. The first-order valence-corrected chi connectivity index (χ1v) is 12.7. The molecule has 0 aliphatic heterocycles. The largest absolute Gasteiger partial charge is 0.312 e. The summed E-state index contributed by atoms with van der Waals surface area (Å²) in [6.07, 6.45) is 1.34. The van der Waals surface area contributed by atoms with Gasteiger partial charge < -0.3 is 5.32 Å². The summed E-state index contributed by atoms with van der Waals surface area (Å²) in [5.74, 6) is 0. The van der Waals surface area contributed by atoms with Crippen LogP contribution >= 0.6 is 15.8 Å². The van der Waals surface area contributed by atoms with E-state index in [9.17, 15) is 0 Å². The fraction of sp³-hybridized carbons (Fsp3) is 0.714. The van der Waals surface area contributed by atoms with Gasteiger partial charge in [0.25, 0.3) is 0 Å². The molecule has 1 nitrogen and oxygen atoms in total. The van der Waals surface area contributed by atoms with E-state index in [1.165, 1.54) is 11.7 Å². The lowest BCUT2D eigenvalue weighted by Gasteiger charge is -2.29. The van der Waals surface area contributed by atoms with E-state index in [4.69, 9.17) is 0 Å². The average Bonchev–Trinajstić information content (AvgIpc) is 2.47. The molecule has 0 saturated heterocycles. The van der Waals surface area contributed by atoms with Gasteiger partial charge in [0, 0.05) is 6.54 Å². The molecule has 1 N–H and O–H groups in total. The Morgan fingerprint density at radius 1 is 0.792 bits per heavy atom. The monoisotopic (exact) mass is 367 g/mol. The Labute approximate surface area is 153 Å². The zero-order chi connectivity index (χ0) is 18.3. The third kappa shape index (κ3) is 6.74. The van der Waals surface area contributed by atoms with Gasteiger partial charge in [-0.05, 0) is 46.2 Å². The molecule has 3 heteroatoms. The van der Waals surface area contributed by atoms with Gasteiger partial charge in [-0.2, -0.15) is 0 Å². The van der Waals surface area contributed by atoms with Crippen LogP contribution in [-0.2, 0) is 6.54 Å². The minimum atomic E-state index is -0.0843. The molecule has 0 atom stereocenters. The van der Waals surface area contributed by atoms with Crippen molar-refractivity contribution < 1.29 is 0 Å². The van der Waals surface area contributed by atoms with Gasteiger partial charge in [0.15, 0.2) is 0 Å². The molecular weight excluding hydrogens is 328 g/mol. The molecule has 0 heterocycles. The molecule has 1 rings (SSSR count). The highest BCUT2D eigenvalue weighted by Crippen LogP contribution is 2.46. The molecule has 0 fully saturated rings. The predicted octanol–water partition coefficient (Wildman–Crippen LogP) is 6.00. The quantitative estimate of drug-likeness (QED) is 0.395. The Hall–Kier alpha value is 0.0400. The first-order valence-electron chi connectivity index (χ1n) is 9.58. The first kappa shape index (κ1) is 22.1. The number of hydrogen-bond acceptors (Lipinski definition) is 1. The number of rotatable bonds is 10. The van der Waals surface area contributed by atoms with Gasteiger partial charge in [0.1, 0.15) is 0 Å². The van der Waals surface area contributed by atoms with Crippen molar-refractivity contribution in [1.29, 1.82) is 0 Å². The molecule has 0 aliphatic rings. The minimum Gasteiger partial charge on any atom is -0.312 e. The van der Waals surface area contributed by atoms with Gasteiger partial charge in [-0.25, -0.2) is 0 Å². The Bertz CT molecular complexity index is 453. The molecule has 1 aromatic rings. The maximum atomic E-state index is 3.74. The summed E-state index contributed by atoms with van der Waals surface area (Å²) >= 11 is 0. The second-order valence-electron chi connectivity index (χ2n) is 7.83. The molecule has 0 spiro atoms. The number of hydrogen-bond donors (Lipinski definition) is 1. The molecule has 0 aliphatic carbocycles. The van der Waals surface area contributed by atoms with E-state index >= 15 is 0 Å². The van der Waals surface area contributed by atoms with Crippen molar-refractivity contribution in [3.8, 4) is 0 Å². The molecule has 24 heavy (non-hydrogen) atoms. The van der Waals surface area contributed by atoms with Crippen LogP contribution in [0.1, 0.15) is 61.0 Å². The van der Waals surface area contributed by atoms with E-state index in [0.717, 1.165) is 35.7 Å². The van der Waals surface area contributed by atoms with E-state index in [1.807, 2.05) is 0 Å². The first-order chi connectivity index (χ1) is 11.3. The Morgan fingerprint density at radius 2 is 1.33 bits per heavy atom. The Morgan fingerprint density at radius 3 is 1.83 bits per heavy atom. The van der Waals surface area contributed by atoms with Crippen LogP contribution in [0.3, 0.4) is 0 Å². The van der Waals surface area contributed by atoms with Gasteiger partial charge >= 0.3 is 0 Å². The fourth-order valence-electron chi connectivity index (χ4n) is 3.61. The number of benzene rings is 1. The topological polar surface area (TPSA) is 12.0 Å². The highest BCUT2D eigenvalue weighted by atomic mass is 31.1. The third-order valence-electron chi connectivity index (χ3n) is 4.57. The molecule has 0 saturated carbocycles. The third-order valence-corrected chi connectivity index (χ3v) is 11.2. The molecule has 0 unspecified atom stereocenters. The summed E-state index contributed by atoms with van der Waals surface area (Å²) < 4.78 is 0. The second kappa shape index (κ2) is 10.9. The van der Waals surface area contributed by atoms with E-state index in [-0.39, 0.29) is 15.8 Å². The lowest BCUT2D eigenvalue weighted by atomic mass is 10.2. The average molecular weight is 367 g/mol. The van der Waals surface area contributed by atoms with E-state index in [2.05, 4.69) is 85.0 Å². The van der Waals surface area contributed by atoms with Gasteiger partial charge in [-0.3, -0.25) is 0 Å². The molecule has 0 aromatic heterocycles. The van der Waals surface area contributed by atoms with Crippen LogP contribution in [0, 0.1) is 0 Å². The molecule has 0 radical (unpaired) electrons. The lowest BCUT2D eigenvalue weighted by molar-refractivity contribution is 0.729. The van der Waals surface area contributed by atoms with E-state index < -0.39 is 0 Å². The van der Waals surface area contributed by atoms with Crippen LogP contribution < -0.4 is 10.6 Å². The van der Waals surface area contributed by atoms with Gasteiger partial charge in [0.05, 0.1) is 0 Å². The van der Waals surface area contributed by atoms with E-state index in [1.54, 1.807) is 5.30 Å². The van der Waals surface area contributed by atoms with Gasteiger partial charge in [-0.15, -0.1) is 7.92 Å². The fourth-order valence-corrected chi connectivity index (χ4v) is 9.30. The number of nitrogens with one attached hydrogen (secondary N) is 1. The summed E-state index contributed by atoms with van der Waals surface area (Å²) in [7, 11) is 0.0574. The summed E-state index contributed by atoms with van der Waals surface area (Å²) in [6.45, 7) is 21.3. The van der Waals surface area contributed by atoms with Gasteiger partial charge in [-0.1, -0.05) is 87.6 Å². The highest BCUT2D eigenvalue weighted by molar-refractivity contribution is 7.67. The molecule has 1 aromatic carbocycles. The molecule has 0 bridgehead atoms. The normalized spacial score (nSPS) is 12.6. The van der Waals surface area contributed by atoms with Crippen molar-refractivity contribution in [2.24, 2.45) is 0 Å². The lowest BCUT2D eigenvalue weighted by Crippen LogP contribution is -2.25. The minimum absolute atomic E-state index is 0.0843. The molecular formula is C21H39NP2. The van der Waals surface area contributed by atoms with Crippen LogP contribution in [0.4, 0.5) is 0 Å². The second-order valence-corrected chi connectivity index (χ2v) is 14.7. The summed E-state index contributed by atoms with van der Waals surface area (Å²) in [6, 6.07) is 9.12. The summed E-state index contributed by atoms with van der Waals surface area (Å²) in [4.78, 5) is 0. The summed E-state index contributed by atoms with van der Waals surface area (Å²) in [5.41, 5.74) is 4.68. The van der Waals surface area contributed by atoms with Crippen molar-refractivity contribution in [3.05, 3.63) is 29.8 Å². The highest BCUT2D eigenvalue weighted by Gasteiger charge is 2.21. The smallest absolute Gasteiger partial charge is 0.0211 e. The van der Waals surface area contributed by atoms with Crippen LogP contribution in [-0.4, -0.2) is 35.3 Å².